The van der Waals surface area contributed by atoms with Crippen molar-refractivity contribution in [2.24, 2.45) is 5.92 Å². The molecule has 1 aliphatic carbocycles. The van der Waals surface area contributed by atoms with E-state index in [-0.39, 0.29) is 25.2 Å². The van der Waals surface area contributed by atoms with Gasteiger partial charge in [0.2, 0.25) is 6.79 Å². The Balaban J connectivity index is 1.50. The molecule has 5 heteroatoms. The van der Waals surface area contributed by atoms with Crippen LogP contribution >= 0.6 is 0 Å². The van der Waals surface area contributed by atoms with Gasteiger partial charge in [0.05, 0.1) is 0 Å². The predicted molar refractivity (Wildman–Crippen MR) is 74.4 cm³/mol. The van der Waals surface area contributed by atoms with E-state index < -0.39 is 0 Å². The standard InChI is InChI=1S/C16H18O5/c17-13(9-19-16(18)7-11-3-1-2-4-11)12-5-6-14-15(8-12)21-10-20-14/h5-6,8,11H,1-4,7,9-10H2. The number of hydrogen-bond acceptors (Lipinski definition) is 5. The Morgan fingerprint density at radius 3 is 2.71 bits per heavy atom. The average Bonchev–Trinajstić information content (AvgIpc) is 3.14. The second-order valence-electron chi connectivity index (χ2n) is 5.51. The van der Waals surface area contributed by atoms with Crippen LogP contribution in [-0.2, 0) is 9.53 Å². The van der Waals surface area contributed by atoms with Crippen molar-refractivity contribution in [1.82, 2.24) is 0 Å². The summed E-state index contributed by atoms with van der Waals surface area (Å²) >= 11 is 0. The molecule has 5 nitrogen and oxygen atoms in total. The van der Waals surface area contributed by atoms with E-state index in [9.17, 15) is 9.59 Å². The Labute approximate surface area is 123 Å². The maximum atomic E-state index is 12.0. The number of ketones is 1. The largest absolute Gasteiger partial charge is 0.457 e. The number of rotatable bonds is 5. The molecule has 2 aliphatic rings. The van der Waals surface area contributed by atoms with Crippen molar-refractivity contribution in [3.8, 4) is 11.5 Å². The van der Waals surface area contributed by atoms with Crippen LogP contribution in [-0.4, -0.2) is 25.2 Å². The third-order valence-electron chi connectivity index (χ3n) is 3.99. The molecule has 0 aromatic heterocycles. The van der Waals surface area contributed by atoms with E-state index in [2.05, 4.69) is 0 Å². The zero-order chi connectivity index (χ0) is 14.7. The first kappa shape index (κ1) is 13.9. The fraction of sp³-hybridized carbons (Fsp3) is 0.500. The lowest BCUT2D eigenvalue weighted by atomic mass is 10.0. The lowest BCUT2D eigenvalue weighted by Gasteiger charge is -2.08. The SMILES string of the molecule is O=C(CC1CCCC1)OCC(=O)c1ccc2c(c1)OCO2. The van der Waals surface area contributed by atoms with Crippen molar-refractivity contribution >= 4 is 11.8 Å². The number of carbonyl (C=O) groups excluding carboxylic acids is 2. The van der Waals surface area contributed by atoms with Gasteiger partial charge in [-0.3, -0.25) is 9.59 Å². The molecule has 1 fully saturated rings. The summed E-state index contributed by atoms with van der Waals surface area (Å²) in [4.78, 5) is 23.7. The van der Waals surface area contributed by atoms with Gasteiger partial charge in [0.15, 0.2) is 23.9 Å². The molecule has 1 aliphatic heterocycles. The van der Waals surface area contributed by atoms with Crippen molar-refractivity contribution in [3.63, 3.8) is 0 Å². The van der Waals surface area contributed by atoms with E-state index in [1.54, 1.807) is 18.2 Å². The molecule has 0 N–H and O–H groups in total. The molecular weight excluding hydrogens is 272 g/mol. The number of carbonyl (C=O) groups is 2. The minimum absolute atomic E-state index is 0.170. The third kappa shape index (κ3) is 3.35. The van der Waals surface area contributed by atoms with Crippen LogP contribution in [0, 0.1) is 5.92 Å². The molecule has 0 amide bonds. The number of Topliss-reactive ketones (excluding diaryl/α,β-unsaturated/α-hetero) is 1. The molecule has 0 atom stereocenters. The van der Waals surface area contributed by atoms with E-state index in [0.29, 0.717) is 29.4 Å². The fourth-order valence-electron chi connectivity index (χ4n) is 2.81. The lowest BCUT2D eigenvalue weighted by Crippen LogP contribution is -2.16. The monoisotopic (exact) mass is 290 g/mol. The van der Waals surface area contributed by atoms with Crippen LogP contribution in [0.3, 0.4) is 0 Å². The smallest absolute Gasteiger partial charge is 0.306 e. The summed E-state index contributed by atoms with van der Waals surface area (Å²) in [5, 5.41) is 0. The number of benzene rings is 1. The van der Waals surface area contributed by atoms with Crippen LogP contribution in [0.15, 0.2) is 18.2 Å². The highest BCUT2D eigenvalue weighted by atomic mass is 16.7. The van der Waals surface area contributed by atoms with Crippen LogP contribution < -0.4 is 9.47 Å². The molecular formula is C16H18O5. The summed E-state index contributed by atoms with van der Waals surface area (Å²) < 4.78 is 15.5. The zero-order valence-electron chi connectivity index (χ0n) is 11.8. The van der Waals surface area contributed by atoms with E-state index in [4.69, 9.17) is 14.2 Å². The minimum Gasteiger partial charge on any atom is -0.457 e. The second kappa shape index (κ2) is 6.16. The van der Waals surface area contributed by atoms with Gasteiger partial charge in [0.25, 0.3) is 0 Å². The minimum atomic E-state index is -0.281. The highest BCUT2D eigenvalue weighted by molar-refractivity contribution is 5.98. The maximum Gasteiger partial charge on any atom is 0.306 e. The highest BCUT2D eigenvalue weighted by Crippen LogP contribution is 2.32. The Bertz CT molecular complexity index is 546. The van der Waals surface area contributed by atoms with Gasteiger partial charge in [-0.25, -0.2) is 0 Å². The van der Waals surface area contributed by atoms with Crippen LogP contribution in [0.4, 0.5) is 0 Å². The molecule has 21 heavy (non-hydrogen) atoms. The third-order valence-corrected chi connectivity index (χ3v) is 3.99. The normalized spacial score (nSPS) is 17.0. The Hall–Kier alpha value is -2.04. The fourth-order valence-corrected chi connectivity index (χ4v) is 2.81. The molecule has 3 rings (SSSR count). The first-order valence-corrected chi connectivity index (χ1v) is 7.31. The van der Waals surface area contributed by atoms with Crippen LogP contribution in [0.5, 0.6) is 11.5 Å². The zero-order valence-corrected chi connectivity index (χ0v) is 11.8. The van der Waals surface area contributed by atoms with E-state index in [0.717, 1.165) is 12.8 Å². The number of fused-ring (bicyclic) bond motifs is 1. The summed E-state index contributed by atoms with van der Waals surface area (Å²) in [6, 6.07) is 4.96. The Kier molecular flexibility index (Phi) is 4.08. The van der Waals surface area contributed by atoms with Gasteiger partial charge in [0, 0.05) is 12.0 Å². The number of ether oxygens (including phenoxy) is 3. The van der Waals surface area contributed by atoms with E-state index >= 15 is 0 Å². The second-order valence-corrected chi connectivity index (χ2v) is 5.51. The highest BCUT2D eigenvalue weighted by Gasteiger charge is 2.21. The van der Waals surface area contributed by atoms with Gasteiger partial charge < -0.3 is 14.2 Å². The van der Waals surface area contributed by atoms with Crippen molar-refractivity contribution < 1.29 is 23.8 Å². The summed E-state index contributed by atoms with van der Waals surface area (Å²) in [5.74, 6) is 1.10. The van der Waals surface area contributed by atoms with Crippen molar-refractivity contribution in [3.05, 3.63) is 23.8 Å². The van der Waals surface area contributed by atoms with Gasteiger partial charge in [0.1, 0.15) is 0 Å². The molecule has 1 aromatic rings. The predicted octanol–water partition coefficient (Wildman–Crippen LogP) is 2.72. The summed E-state index contributed by atoms with van der Waals surface area (Å²) in [7, 11) is 0. The van der Waals surface area contributed by atoms with E-state index in [1.165, 1.54) is 12.8 Å². The summed E-state index contributed by atoms with van der Waals surface area (Å²) in [5.41, 5.74) is 0.466. The maximum absolute atomic E-state index is 12.0. The number of hydrogen-bond donors (Lipinski definition) is 0. The van der Waals surface area contributed by atoms with Gasteiger partial charge in [-0.1, -0.05) is 12.8 Å². The molecule has 0 radical (unpaired) electrons. The first-order chi connectivity index (χ1) is 10.2. The van der Waals surface area contributed by atoms with Gasteiger partial charge in [-0.15, -0.1) is 0 Å². The van der Waals surface area contributed by atoms with Crippen molar-refractivity contribution in [2.45, 2.75) is 32.1 Å². The average molecular weight is 290 g/mol. The summed E-state index contributed by atoms with van der Waals surface area (Å²) in [6.45, 7) is -0.0471. The molecule has 0 saturated heterocycles. The molecule has 0 bridgehead atoms. The van der Waals surface area contributed by atoms with Crippen LogP contribution in [0.1, 0.15) is 42.5 Å². The molecule has 112 valence electrons. The van der Waals surface area contributed by atoms with Gasteiger partial charge in [-0.2, -0.15) is 0 Å². The van der Waals surface area contributed by atoms with Gasteiger partial charge >= 0.3 is 5.97 Å². The quantitative estimate of drug-likeness (QED) is 0.616. The molecule has 1 aromatic carbocycles. The number of esters is 1. The van der Waals surface area contributed by atoms with Crippen molar-refractivity contribution in [2.75, 3.05) is 13.4 Å². The lowest BCUT2D eigenvalue weighted by molar-refractivity contribution is -0.143. The van der Waals surface area contributed by atoms with Crippen molar-refractivity contribution in [1.29, 1.82) is 0 Å². The van der Waals surface area contributed by atoms with Crippen LogP contribution in [0.25, 0.3) is 0 Å². The van der Waals surface area contributed by atoms with Gasteiger partial charge in [-0.05, 0) is 37.0 Å². The summed E-state index contributed by atoms with van der Waals surface area (Å²) in [6.07, 6.45) is 4.98. The topological polar surface area (TPSA) is 61.8 Å². The van der Waals surface area contributed by atoms with E-state index in [1.807, 2.05) is 0 Å². The first-order valence-electron chi connectivity index (χ1n) is 7.31. The molecule has 0 spiro atoms. The Morgan fingerprint density at radius 2 is 1.90 bits per heavy atom. The molecule has 1 saturated carbocycles. The Morgan fingerprint density at radius 1 is 1.14 bits per heavy atom. The van der Waals surface area contributed by atoms with Crippen LogP contribution in [0.2, 0.25) is 0 Å². The molecule has 1 heterocycles. The molecule has 0 unspecified atom stereocenters.